The lowest BCUT2D eigenvalue weighted by Crippen LogP contribution is -2.28. The van der Waals surface area contributed by atoms with Gasteiger partial charge in [0.2, 0.25) is 0 Å². The van der Waals surface area contributed by atoms with Gasteiger partial charge in [0.15, 0.2) is 0 Å². The van der Waals surface area contributed by atoms with E-state index < -0.39 is 5.97 Å². The second kappa shape index (κ2) is 7.16. The SMILES string of the molecule is CC(=O)CC(=O)OCCNC(=O)c1ccccn1. The van der Waals surface area contributed by atoms with E-state index in [9.17, 15) is 14.4 Å². The van der Waals surface area contributed by atoms with Crippen molar-refractivity contribution in [3.05, 3.63) is 30.1 Å². The van der Waals surface area contributed by atoms with Crippen LogP contribution in [0.2, 0.25) is 0 Å². The van der Waals surface area contributed by atoms with E-state index in [0.29, 0.717) is 5.69 Å². The molecule has 0 aliphatic rings. The molecular formula is C12H14N2O4. The van der Waals surface area contributed by atoms with Crippen LogP contribution < -0.4 is 5.32 Å². The fraction of sp³-hybridized carbons (Fsp3) is 0.333. The largest absolute Gasteiger partial charge is 0.463 e. The molecule has 0 spiro atoms. The lowest BCUT2D eigenvalue weighted by Gasteiger charge is -2.05. The quantitative estimate of drug-likeness (QED) is 0.447. The first-order chi connectivity index (χ1) is 8.59. The van der Waals surface area contributed by atoms with Crippen molar-refractivity contribution in [3.63, 3.8) is 0 Å². The van der Waals surface area contributed by atoms with Crippen molar-refractivity contribution in [2.45, 2.75) is 13.3 Å². The van der Waals surface area contributed by atoms with Gasteiger partial charge >= 0.3 is 5.97 Å². The van der Waals surface area contributed by atoms with Crippen molar-refractivity contribution >= 4 is 17.7 Å². The van der Waals surface area contributed by atoms with Gasteiger partial charge in [-0.3, -0.25) is 19.4 Å². The van der Waals surface area contributed by atoms with Gasteiger partial charge in [0.1, 0.15) is 24.5 Å². The van der Waals surface area contributed by atoms with Gasteiger partial charge < -0.3 is 10.1 Å². The molecule has 0 aromatic carbocycles. The predicted molar refractivity (Wildman–Crippen MR) is 62.8 cm³/mol. The molecule has 0 saturated carbocycles. The molecule has 0 aliphatic carbocycles. The molecule has 1 rings (SSSR count). The third-order valence-electron chi connectivity index (χ3n) is 1.94. The van der Waals surface area contributed by atoms with Crippen LogP contribution in [0.5, 0.6) is 0 Å². The molecular weight excluding hydrogens is 236 g/mol. The summed E-state index contributed by atoms with van der Waals surface area (Å²) in [5, 5.41) is 2.54. The summed E-state index contributed by atoms with van der Waals surface area (Å²) in [5.74, 6) is -1.18. The highest BCUT2D eigenvalue weighted by atomic mass is 16.5. The van der Waals surface area contributed by atoms with E-state index in [2.05, 4.69) is 10.3 Å². The normalized spacial score (nSPS) is 9.61. The molecule has 6 heteroatoms. The first-order valence-corrected chi connectivity index (χ1v) is 5.44. The van der Waals surface area contributed by atoms with E-state index in [1.165, 1.54) is 13.1 Å². The number of nitrogens with one attached hydrogen (secondary N) is 1. The number of aromatic nitrogens is 1. The van der Waals surface area contributed by atoms with E-state index in [4.69, 9.17) is 4.74 Å². The Labute approximate surface area is 104 Å². The molecule has 1 aromatic rings. The zero-order chi connectivity index (χ0) is 13.4. The van der Waals surface area contributed by atoms with E-state index in [-0.39, 0.29) is 31.3 Å². The Balaban J connectivity index is 2.21. The highest BCUT2D eigenvalue weighted by Crippen LogP contribution is 1.92. The monoisotopic (exact) mass is 250 g/mol. The number of ether oxygens (including phenoxy) is 1. The number of amides is 1. The minimum Gasteiger partial charge on any atom is -0.463 e. The van der Waals surface area contributed by atoms with Crippen molar-refractivity contribution in [2.24, 2.45) is 0 Å². The Morgan fingerprint density at radius 2 is 2.11 bits per heavy atom. The number of rotatable bonds is 6. The van der Waals surface area contributed by atoms with Gasteiger partial charge in [-0.15, -0.1) is 0 Å². The number of esters is 1. The van der Waals surface area contributed by atoms with Crippen molar-refractivity contribution in [2.75, 3.05) is 13.2 Å². The van der Waals surface area contributed by atoms with E-state index in [1.807, 2.05) is 0 Å². The summed E-state index contributed by atoms with van der Waals surface area (Å²) in [6, 6.07) is 4.99. The van der Waals surface area contributed by atoms with Crippen LogP contribution in [0, 0.1) is 0 Å². The highest BCUT2D eigenvalue weighted by molar-refractivity contribution is 5.94. The van der Waals surface area contributed by atoms with Gasteiger partial charge in [-0.25, -0.2) is 0 Å². The summed E-state index contributed by atoms with van der Waals surface area (Å²) in [5.41, 5.74) is 0.299. The number of carbonyl (C=O) groups is 3. The third kappa shape index (κ3) is 5.20. The van der Waals surface area contributed by atoms with Crippen LogP contribution in [0.25, 0.3) is 0 Å². The third-order valence-corrected chi connectivity index (χ3v) is 1.94. The zero-order valence-corrected chi connectivity index (χ0v) is 10.0. The summed E-state index contributed by atoms with van der Waals surface area (Å²) in [7, 11) is 0. The first-order valence-electron chi connectivity index (χ1n) is 5.44. The molecule has 96 valence electrons. The molecule has 0 atom stereocenters. The van der Waals surface area contributed by atoms with Gasteiger partial charge in [-0.2, -0.15) is 0 Å². The van der Waals surface area contributed by atoms with Gasteiger partial charge in [0.25, 0.3) is 5.91 Å². The molecule has 6 nitrogen and oxygen atoms in total. The molecule has 1 aromatic heterocycles. The van der Waals surface area contributed by atoms with E-state index >= 15 is 0 Å². The van der Waals surface area contributed by atoms with Crippen LogP contribution in [0.1, 0.15) is 23.8 Å². The number of nitrogens with zero attached hydrogens (tertiary/aromatic N) is 1. The average Bonchev–Trinajstić information content (AvgIpc) is 2.34. The average molecular weight is 250 g/mol. The molecule has 0 bridgehead atoms. The fourth-order valence-electron chi connectivity index (χ4n) is 1.17. The van der Waals surface area contributed by atoms with E-state index in [0.717, 1.165) is 0 Å². The van der Waals surface area contributed by atoms with Gasteiger partial charge in [0.05, 0.1) is 6.54 Å². The maximum atomic E-state index is 11.5. The number of carbonyl (C=O) groups excluding carboxylic acids is 3. The van der Waals surface area contributed by atoms with Crippen LogP contribution in [0.4, 0.5) is 0 Å². The lowest BCUT2D eigenvalue weighted by molar-refractivity contribution is -0.145. The Kier molecular flexibility index (Phi) is 5.50. The smallest absolute Gasteiger partial charge is 0.313 e. The summed E-state index contributed by atoms with van der Waals surface area (Å²) in [6.45, 7) is 1.52. The zero-order valence-electron chi connectivity index (χ0n) is 10.0. The Bertz CT molecular complexity index is 431. The molecule has 1 N–H and O–H groups in total. The molecule has 0 fully saturated rings. The summed E-state index contributed by atoms with van der Waals surface area (Å²) >= 11 is 0. The number of hydrogen-bond donors (Lipinski definition) is 1. The Morgan fingerprint density at radius 3 is 2.72 bits per heavy atom. The molecule has 18 heavy (non-hydrogen) atoms. The number of hydrogen-bond acceptors (Lipinski definition) is 5. The molecule has 0 radical (unpaired) electrons. The summed E-state index contributed by atoms with van der Waals surface area (Å²) in [4.78, 5) is 37.0. The minimum atomic E-state index is -0.588. The predicted octanol–water partition coefficient (Wildman–Crippen LogP) is 0.334. The van der Waals surface area contributed by atoms with Crippen molar-refractivity contribution in [3.8, 4) is 0 Å². The molecule has 1 heterocycles. The van der Waals surface area contributed by atoms with Gasteiger partial charge in [0, 0.05) is 6.20 Å². The van der Waals surface area contributed by atoms with Crippen LogP contribution in [0.15, 0.2) is 24.4 Å². The second-order valence-electron chi connectivity index (χ2n) is 3.57. The Hall–Kier alpha value is -2.24. The summed E-state index contributed by atoms with van der Waals surface area (Å²) in [6.07, 6.45) is 1.27. The standard InChI is InChI=1S/C12H14N2O4/c1-9(15)8-11(16)18-7-6-14-12(17)10-4-2-3-5-13-10/h2-5H,6-8H2,1H3,(H,14,17). The van der Waals surface area contributed by atoms with Gasteiger partial charge in [-0.1, -0.05) is 6.07 Å². The van der Waals surface area contributed by atoms with Crippen LogP contribution >= 0.6 is 0 Å². The van der Waals surface area contributed by atoms with Crippen LogP contribution in [-0.4, -0.2) is 35.8 Å². The van der Waals surface area contributed by atoms with E-state index in [1.54, 1.807) is 18.2 Å². The Morgan fingerprint density at radius 1 is 1.33 bits per heavy atom. The molecule has 1 amide bonds. The molecule has 0 unspecified atom stereocenters. The highest BCUT2D eigenvalue weighted by Gasteiger charge is 2.07. The van der Waals surface area contributed by atoms with Crippen molar-refractivity contribution in [1.82, 2.24) is 10.3 Å². The molecule has 0 aliphatic heterocycles. The van der Waals surface area contributed by atoms with Crippen molar-refractivity contribution < 1.29 is 19.1 Å². The fourth-order valence-corrected chi connectivity index (χ4v) is 1.17. The molecule has 0 saturated heterocycles. The number of Topliss-reactive ketones (excluding diaryl/α,β-unsaturated/α-hetero) is 1. The van der Waals surface area contributed by atoms with Crippen LogP contribution in [0.3, 0.4) is 0 Å². The van der Waals surface area contributed by atoms with Gasteiger partial charge in [-0.05, 0) is 19.1 Å². The number of pyridine rings is 1. The van der Waals surface area contributed by atoms with Crippen LogP contribution in [-0.2, 0) is 14.3 Å². The topological polar surface area (TPSA) is 85.4 Å². The maximum Gasteiger partial charge on any atom is 0.313 e. The second-order valence-corrected chi connectivity index (χ2v) is 3.57. The number of ketones is 1. The lowest BCUT2D eigenvalue weighted by atomic mass is 10.3. The van der Waals surface area contributed by atoms with Crippen molar-refractivity contribution in [1.29, 1.82) is 0 Å². The maximum absolute atomic E-state index is 11.5. The minimum absolute atomic E-state index is 0.0324. The summed E-state index contributed by atoms with van der Waals surface area (Å²) < 4.78 is 4.74. The first kappa shape index (κ1) is 13.8.